The molecule has 0 aliphatic heterocycles. The highest BCUT2D eigenvalue weighted by molar-refractivity contribution is 6.41. The van der Waals surface area contributed by atoms with Crippen molar-refractivity contribution in [2.45, 2.75) is 19.9 Å². The minimum atomic E-state index is -0.0614. The average molecular weight is 410 g/mol. The summed E-state index contributed by atoms with van der Waals surface area (Å²) in [7, 11) is 1.86. The van der Waals surface area contributed by atoms with E-state index in [1.165, 1.54) is 0 Å². The van der Waals surface area contributed by atoms with Crippen LogP contribution < -0.4 is 16.0 Å². The van der Waals surface area contributed by atoms with Crippen LogP contribution in [-0.2, 0) is 13.6 Å². The number of carbonyl (C=O) groups is 1. The highest BCUT2D eigenvalue weighted by Crippen LogP contribution is 2.25. The summed E-state index contributed by atoms with van der Waals surface area (Å²) in [6.45, 7) is 4.50. The fraction of sp³-hybridized carbons (Fsp3) is 0.368. The van der Waals surface area contributed by atoms with Crippen molar-refractivity contribution in [2.24, 2.45) is 12.0 Å². The van der Waals surface area contributed by atoms with E-state index in [0.29, 0.717) is 41.3 Å². The van der Waals surface area contributed by atoms with E-state index >= 15 is 0 Å². The Hall–Kier alpha value is -2.18. The number of nitrogens with one attached hydrogen (secondary N) is 3. The van der Waals surface area contributed by atoms with Gasteiger partial charge in [0.2, 0.25) is 0 Å². The number of hydrogen-bond donors (Lipinski definition) is 3. The molecule has 1 heterocycles. The molecule has 146 valence electrons. The largest absolute Gasteiger partial charge is 0.357 e. The minimum absolute atomic E-state index is 0.0614. The van der Waals surface area contributed by atoms with Crippen molar-refractivity contribution in [1.29, 1.82) is 0 Å². The Kier molecular flexibility index (Phi) is 8.48. The van der Waals surface area contributed by atoms with Crippen molar-refractivity contribution in [3.63, 3.8) is 0 Å². The molecule has 27 heavy (non-hydrogen) atoms. The number of aromatic nitrogens is 1. The molecule has 0 aliphatic carbocycles. The fourth-order valence-corrected chi connectivity index (χ4v) is 2.85. The van der Waals surface area contributed by atoms with Crippen LogP contribution in [-0.4, -0.2) is 36.1 Å². The number of hydrogen-bond acceptors (Lipinski definition) is 2. The topological polar surface area (TPSA) is 70.5 Å². The molecule has 2 rings (SSSR count). The molecule has 0 radical (unpaired) electrons. The second kappa shape index (κ2) is 10.8. The van der Waals surface area contributed by atoms with Gasteiger partial charge in [-0.15, -0.1) is 0 Å². The maximum atomic E-state index is 12.0. The Labute approximate surface area is 170 Å². The first-order chi connectivity index (χ1) is 13.0. The zero-order valence-electron chi connectivity index (χ0n) is 15.6. The molecule has 0 unspecified atom stereocenters. The standard InChI is InChI=1S/C19H25Cl2N5O/c1-3-22-19(25-13-15-12-16(20)17(21)26(15)2)24-11-7-10-23-18(27)14-8-5-4-6-9-14/h4-6,8-9,12H,3,7,10-11,13H2,1-2H3,(H,23,27)(H2,22,24,25). The number of rotatable bonds is 8. The van der Waals surface area contributed by atoms with E-state index in [0.717, 1.165) is 18.7 Å². The zero-order chi connectivity index (χ0) is 19.6. The summed E-state index contributed by atoms with van der Waals surface area (Å²) in [6, 6.07) is 11.0. The molecule has 1 amide bonds. The van der Waals surface area contributed by atoms with Gasteiger partial charge in [-0.25, -0.2) is 4.99 Å². The molecule has 0 atom stereocenters. The molecular weight excluding hydrogens is 385 g/mol. The van der Waals surface area contributed by atoms with Crippen LogP contribution in [0.5, 0.6) is 0 Å². The summed E-state index contributed by atoms with van der Waals surface area (Å²) in [5.74, 6) is 0.647. The Balaban J connectivity index is 1.77. The van der Waals surface area contributed by atoms with Gasteiger partial charge in [0.15, 0.2) is 5.96 Å². The van der Waals surface area contributed by atoms with E-state index in [1.54, 1.807) is 12.1 Å². The highest BCUT2D eigenvalue weighted by Gasteiger charge is 2.08. The molecule has 1 aromatic carbocycles. The lowest BCUT2D eigenvalue weighted by molar-refractivity contribution is 0.0953. The van der Waals surface area contributed by atoms with Gasteiger partial charge in [0.05, 0.1) is 11.6 Å². The molecular formula is C19H25Cl2N5O. The smallest absolute Gasteiger partial charge is 0.251 e. The van der Waals surface area contributed by atoms with E-state index in [4.69, 9.17) is 23.2 Å². The number of nitrogens with zero attached hydrogens (tertiary/aromatic N) is 2. The Bertz CT molecular complexity index is 774. The van der Waals surface area contributed by atoms with Crippen LogP contribution in [0.3, 0.4) is 0 Å². The molecule has 1 aromatic heterocycles. The number of amides is 1. The highest BCUT2D eigenvalue weighted by atomic mass is 35.5. The van der Waals surface area contributed by atoms with Crippen LogP contribution in [0.15, 0.2) is 41.4 Å². The summed E-state index contributed by atoms with van der Waals surface area (Å²) in [5, 5.41) is 10.4. The van der Waals surface area contributed by atoms with Gasteiger partial charge in [-0.1, -0.05) is 41.4 Å². The molecule has 0 fully saturated rings. The predicted octanol–water partition coefficient (Wildman–Crippen LogP) is 3.21. The zero-order valence-corrected chi connectivity index (χ0v) is 17.1. The van der Waals surface area contributed by atoms with Gasteiger partial charge in [0, 0.05) is 37.9 Å². The summed E-state index contributed by atoms with van der Waals surface area (Å²) >= 11 is 12.1. The third kappa shape index (κ3) is 6.48. The molecule has 0 aliphatic rings. The second-order valence-electron chi connectivity index (χ2n) is 5.93. The number of guanidine groups is 1. The number of carbonyl (C=O) groups excluding carboxylic acids is 1. The average Bonchev–Trinajstić information content (AvgIpc) is 2.93. The molecule has 0 spiro atoms. The van der Waals surface area contributed by atoms with E-state index in [-0.39, 0.29) is 5.91 Å². The molecule has 8 heteroatoms. The number of halogens is 2. The summed E-state index contributed by atoms with van der Waals surface area (Å²) < 4.78 is 1.82. The first-order valence-electron chi connectivity index (χ1n) is 8.88. The SMILES string of the molecule is CCNC(=NCc1cc(Cl)c(Cl)n1C)NCCCNC(=O)c1ccccc1. The van der Waals surface area contributed by atoms with Gasteiger partial charge in [0.25, 0.3) is 5.91 Å². The van der Waals surface area contributed by atoms with E-state index in [1.807, 2.05) is 42.8 Å². The van der Waals surface area contributed by atoms with Crippen molar-refractivity contribution in [3.8, 4) is 0 Å². The summed E-state index contributed by atoms with van der Waals surface area (Å²) in [5.41, 5.74) is 1.59. The molecule has 0 saturated carbocycles. The molecule has 2 aromatic rings. The quantitative estimate of drug-likeness (QED) is 0.356. The van der Waals surface area contributed by atoms with Gasteiger partial charge in [-0.3, -0.25) is 4.79 Å². The van der Waals surface area contributed by atoms with E-state index in [2.05, 4.69) is 20.9 Å². The van der Waals surface area contributed by atoms with Crippen molar-refractivity contribution < 1.29 is 4.79 Å². The first kappa shape index (κ1) is 21.1. The Morgan fingerprint density at radius 2 is 1.81 bits per heavy atom. The van der Waals surface area contributed by atoms with Crippen LogP contribution in [0.2, 0.25) is 10.2 Å². The number of benzene rings is 1. The van der Waals surface area contributed by atoms with Gasteiger partial charge in [0.1, 0.15) is 5.15 Å². The summed E-state index contributed by atoms with van der Waals surface area (Å²) in [4.78, 5) is 16.5. The van der Waals surface area contributed by atoms with E-state index < -0.39 is 0 Å². The molecule has 3 N–H and O–H groups in total. The fourth-order valence-electron chi connectivity index (χ4n) is 2.43. The minimum Gasteiger partial charge on any atom is -0.357 e. The van der Waals surface area contributed by atoms with Crippen molar-refractivity contribution in [1.82, 2.24) is 20.5 Å². The maximum absolute atomic E-state index is 12.0. The van der Waals surface area contributed by atoms with Crippen LogP contribution >= 0.6 is 23.2 Å². The van der Waals surface area contributed by atoms with E-state index in [9.17, 15) is 4.79 Å². The van der Waals surface area contributed by atoms with Gasteiger partial charge < -0.3 is 20.5 Å². The summed E-state index contributed by atoms with van der Waals surface area (Å²) in [6.07, 6.45) is 0.783. The Morgan fingerprint density at radius 1 is 1.11 bits per heavy atom. The lowest BCUT2D eigenvalue weighted by Crippen LogP contribution is -2.38. The monoisotopic (exact) mass is 409 g/mol. The van der Waals surface area contributed by atoms with Gasteiger partial charge in [-0.2, -0.15) is 0 Å². The Morgan fingerprint density at radius 3 is 2.44 bits per heavy atom. The van der Waals surface area contributed by atoms with Crippen LogP contribution in [0.4, 0.5) is 0 Å². The lowest BCUT2D eigenvalue weighted by Gasteiger charge is -2.12. The molecule has 6 nitrogen and oxygen atoms in total. The lowest BCUT2D eigenvalue weighted by atomic mass is 10.2. The van der Waals surface area contributed by atoms with Crippen LogP contribution in [0, 0.1) is 0 Å². The van der Waals surface area contributed by atoms with Crippen molar-refractivity contribution in [2.75, 3.05) is 19.6 Å². The van der Waals surface area contributed by atoms with Crippen LogP contribution in [0.25, 0.3) is 0 Å². The molecule has 0 saturated heterocycles. The second-order valence-corrected chi connectivity index (χ2v) is 6.70. The normalized spacial score (nSPS) is 11.3. The maximum Gasteiger partial charge on any atom is 0.251 e. The first-order valence-corrected chi connectivity index (χ1v) is 9.63. The van der Waals surface area contributed by atoms with Gasteiger partial charge >= 0.3 is 0 Å². The van der Waals surface area contributed by atoms with Crippen molar-refractivity contribution >= 4 is 35.1 Å². The van der Waals surface area contributed by atoms with Gasteiger partial charge in [-0.05, 0) is 31.5 Å². The number of aliphatic imine (C=N–C) groups is 1. The van der Waals surface area contributed by atoms with Crippen LogP contribution in [0.1, 0.15) is 29.4 Å². The molecule has 0 bridgehead atoms. The third-order valence-corrected chi connectivity index (χ3v) is 4.77. The van der Waals surface area contributed by atoms with Crippen molar-refractivity contribution in [3.05, 3.63) is 57.8 Å². The predicted molar refractivity (Wildman–Crippen MR) is 112 cm³/mol. The third-order valence-electron chi connectivity index (χ3n) is 3.93.